The molecule has 2 heterocycles. The Labute approximate surface area is 603 Å². The van der Waals surface area contributed by atoms with E-state index in [1.54, 1.807) is 0 Å². The fourth-order valence-corrected chi connectivity index (χ4v) is 20.0. The number of ether oxygens (including phenoxy) is 5. The summed E-state index contributed by atoms with van der Waals surface area (Å²) >= 11 is 0. The molecule has 2 fully saturated rings. The van der Waals surface area contributed by atoms with Crippen molar-refractivity contribution in [3.63, 3.8) is 0 Å². The van der Waals surface area contributed by atoms with Crippen LogP contribution >= 0.6 is 0 Å². The van der Waals surface area contributed by atoms with E-state index in [9.17, 15) is 4.79 Å². The minimum atomic E-state index is -2.50. The number of Topliss-reactive ketones (excluding diaryl/α,β-unsaturated/α-hetero) is 1. The molecule has 0 amide bonds. The quantitative estimate of drug-likeness (QED) is 0.0190. The van der Waals surface area contributed by atoms with E-state index in [1.807, 2.05) is 34.6 Å². The summed E-state index contributed by atoms with van der Waals surface area (Å²) in [4.78, 5) is 28.1. The second-order valence-corrected chi connectivity index (χ2v) is 60.5. The SMILES string of the molecule is C=C(/C=C(\C)[C@@H](C)[C@H](CC(=O)[C@@H](C)C[C@@H](C[C@H]1CC[C@H]([C@@H](/C=C/C=C(\C)[C@@H](O[Si](C)(C)C(C)(C)C)C(=C)CCCC)O[Si](CC)(CC)CC)O1)OC(C)OCC)O[Si](C)(C)C(C)(C)C)[C@@H](O[Si](C)(C)C(C)(C)C)[C@@H](O[Si](C)(C)C(C)(C)C)[C@H]1C[C@@H](C)[C@H](CCOC(=O)C(C)(C)C)O1. The van der Waals surface area contributed by atoms with Crippen LogP contribution in [0, 0.1) is 23.2 Å². The molecule has 0 aliphatic carbocycles. The van der Waals surface area contributed by atoms with Crippen molar-refractivity contribution in [2.75, 3.05) is 13.2 Å². The molecule has 2 aliphatic rings. The molecule has 17 heteroatoms. The summed E-state index contributed by atoms with van der Waals surface area (Å²) in [5.41, 5.74) is 3.61. The lowest BCUT2D eigenvalue weighted by Crippen LogP contribution is -2.55. The van der Waals surface area contributed by atoms with Gasteiger partial charge in [-0.2, -0.15) is 0 Å². The fourth-order valence-electron chi connectivity index (χ4n) is 11.9. The molecule has 2 aliphatic heterocycles. The smallest absolute Gasteiger partial charge is 0.311 e. The molecule has 0 saturated carbocycles. The van der Waals surface area contributed by atoms with Gasteiger partial charge in [0.15, 0.2) is 47.9 Å². The van der Waals surface area contributed by atoms with Crippen LogP contribution in [0.3, 0.4) is 0 Å². The monoisotopic (exact) mass is 1450 g/mol. The lowest BCUT2D eigenvalue weighted by Gasteiger charge is -2.47. The van der Waals surface area contributed by atoms with Gasteiger partial charge in [-0.25, -0.2) is 0 Å². The van der Waals surface area contributed by atoms with E-state index in [0.29, 0.717) is 32.5 Å². The lowest BCUT2D eigenvalue weighted by atomic mass is 9.86. The highest BCUT2D eigenvalue weighted by atomic mass is 28.4. The third-order valence-electron chi connectivity index (χ3n) is 23.5. The maximum atomic E-state index is 15.3. The maximum absolute atomic E-state index is 15.3. The van der Waals surface area contributed by atoms with Gasteiger partial charge in [0.05, 0.1) is 67.0 Å². The van der Waals surface area contributed by atoms with Crippen molar-refractivity contribution < 1.29 is 55.4 Å². The van der Waals surface area contributed by atoms with Crippen LogP contribution in [-0.2, 0) is 55.4 Å². The van der Waals surface area contributed by atoms with Gasteiger partial charge in [-0.15, -0.1) is 0 Å². The van der Waals surface area contributed by atoms with Gasteiger partial charge in [0.2, 0.25) is 0 Å². The number of esters is 1. The molecular weight excluding hydrogens is 1290 g/mol. The number of allylic oxidation sites excluding steroid dienone is 2. The minimum absolute atomic E-state index is 0.0659. The van der Waals surface area contributed by atoms with E-state index in [4.69, 9.17) is 52.4 Å². The molecule has 0 aromatic carbocycles. The van der Waals surface area contributed by atoms with E-state index in [-0.39, 0.29) is 98.8 Å². The van der Waals surface area contributed by atoms with Crippen molar-refractivity contribution in [2.24, 2.45) is 23.2 Å². The van der Waals surface area contributed by atoms with Crippen molar-refractivity contribution in [3.05, 3.63) is 59.8 Å². The molecule has 0 bridgehead atoms. The Hall–Kier alpha value is -1.44. The van der Waals surface area contributed by atoms with Gasteiger partial charge in [0, 0.05) is 31.3 Å². The van der Waals surface area contributed by atoms with Gasteiger partial charge in [0.1, 0.15) is 11.9 Å². The maximum Gasteiger partial charge on any atom is 0.311 e. The van der Waals surface area contributed by atoms with E-state index in [0.717, 1.165) is 78.9 Å². The summed E-state index contributed by atoms with van der Waals surface area (Å²) in [5, 5.41) is -0.260. The Morgan fingerprint density at radius 3 is 1.69 bits per heavy atom. The molecule has 566 valence electrons. The Morgan fingerprint density at radius 2 is 1.19 bits per heavy atom. The predicted octanol–water partition coefficient (Wildman–Crippen LogP) is 22.8. The second-order valence-electron chi connectivity index (χ2n) is 36.8. The summed E-state index contributed by atoms with van der Waals surface area (Å²) < 4.78 is 70.2. The van der Waals surface area contributed by atoms with Crippen LogP contribution < -0.4 is 0 Å². The number of carbonyl (C=O) groups excluding carboxylic acids is 2. The normalized spacial score (nSPS) is 22.5. The molecule has 2 rings (SSSR count). The molecule has 0 aromatic heterocycles. The molecule has 12 nitrogen and oxygen atoms in total. The van der Waals surface area contributed by atoms with Gasteiger partial charge in [-0.3, -0.25) is 9.59 Å². The van der Waals surface area contributed by atoms with E-state index < -0.39 is 71.6 Å². The van der Waals surface area contributed by atoms with E-state index in [1.165, 1.54) is 0 Å². The molecule has 14 atom stereocenters. The average Bonchev–Trinajstić information content (AvgIpc) is 1.77. The van der Waals surface area contributed by atoms with Crippen LogP contribution in [0.4, 0.5) is 0 Å². The van der Waals surface area contributed by atoms with Gasteiger partial charge in [0.25, 0.3) is 0 Å². The Kier molecular flexibility index (Phi) is 35.9. The average molecular weight is 1450 g/mol. The van der Waals surface area contributed by atoms with Gasteiger partial charge in [-0.05, 0) is 207 Å². The van der Waals surface area contributed by atoms with E-state index in [2.05, 4.69) is 229 Å². The Balaban J connectivity index is 2.71. The minimum Gasteiger partial charge on any atom is -0.465 e. The number of unbranched alkanes of at least 4 members (excludes halogenated alkanes) is 1. The zero-order valence-electron chi connectivity index (χ0n) is 69.3. The summed E-state index contributed by atoms with van der Waals surface area (Å²) in [6.45, 7) is 85.7. The first-order valence-electron chi connectivity index (χ1n) is 38.2. The first kappa shape index (κ1) is 91.6. The highest BCUT2D eigenvalue weighted by Gasteiger charge is 2.51. The summed E-state index contributed by atoms with van der Waals surface area (Å²) in [7, 11) is -11.6. The first-order chi connectivity index (χ1) is 44.1. The van der Waals surface area contributed by atoms with Crippen LogP contribution in [0.25, 0.3) is 0 Å². The number of hydrogen-bond acceptors (Lipinski definition) is 12. The number of rotatable bonds is 41. The lowest BCUT2D eigenvalue weighted by molar-refractivity contribution is -0.171. The zero-order chi connectivity index (χ0) is 75.1. The molecule has 97 heavy (non-hydrogen) atoms. The predicted molar refractivity (Wildman–Crippen MR) is 423 cm³/mol. The molecule has 0 radical (unpaired) electrons. The van der Waals surface area contributed by atoms with Crippen LogP contribution in [0.15, 0.2) is 59.8 Å². The molecule has 0 N–H and O–H groups in total. The van der Waals surface area contributed by atoms with Crippen molar-refractivity contribution in [2.45, 2.75) is 402 Å². The number of carbonyl (C=O) groups is 2. The topological polar surface area (TPSA) is 126 Å². The number of ketones is 1. The molecule has 0 aromatic rings. The second kappa shape index (κ2) is 38.0. The highest BCUT2D eigenvalue weighted by molar-refractivity contribution is 6.75. The van der Waals surface area contributed by atoms with Crippen LogP contribution in [-0.4, -0.2) is 134 Å². The van der Waals surface area contributed by atoms with Gasteiger partial charge < -0.3 is 45.8 Å². The van der Waals surface area contributed by atoms with Gasteiger partial charge >= 0.3 is 5.97 Å². The van der Waals surface area contributed by atoms with Crippen molar-refractivity contribution in [1.82, 2.24) is 0 Å². The summed E-state index contributed by atoms with van der Waals surface area (Å²) in [5.74, 6) is -0.368. The summed E-state index contributed by atoms with van der Waals surface area (Å²) in [6.07, 6.45) is 13.4. The standard InChI is InChI=1S/C80H154O12Si5/c1-37-42-44-56(6)72(90-94(31,32)78(20,21)22)57(7)45-43-46-69(89-97(39-3,40-4)41-5)68-48-47-64(86-68)54-65(85-63(13)83-38-2)52-59(9)66(81)55-70(88-93(29,30)77(17,18)19)62(12)58(8)51-61(11)73(91-95(33,34)79(23,24)25)74(92-96(35,36)80(26,27)28)71-53-60(10)67(87-71)49-50-84-75(82)76(14,15)16/h43,45-46,51,59-60,62-65,67-74H,6,11,37-42,44,47-50,52-55H2,1-5,7-10,12-36H3/b46-43+,57-45+,58-51+/t59-,60+,62+,63?,64+,65-,67-,68+,69+,70-,71+,72-,73+,74-/m0/s1. The first-order valence-corrected chi connectivity index (χ1v) is 52.3. The van der Waals surface area contributed by atoms with Crippen molar-refractivity contribution in [1.29, 1.82) is 0 Å². The zero-order valence-corrected chi connectivity index (χ0v) is 74.3. The highest BCUT2D eigenvalue weighted by Crippen LogP contribution is 2.47. The third-order valence-corrected chi connectivity index (χ3v) is 46.0. The van der Waals surface area contributed by atoms with Crippen molar-refractivity contribution >= 4 is 53.3 Å². The molecule has 0 spiro atoms. The van der Waals surface area contributed by atoms with Crippen LogP contribution in [0.1, 0.15) is 244 Å². The fraction of sp³-hybridized carbons (Fsp3) is 0.850. The molecule has 1 unspecified atom stereocenters. The largest absolute Gasteiger partial charge is 0.465 e. The Morgan fingerprint density at radius 1 is 0.660 bits per heavy atom. The van der Waals surface area contributed by atoms with Crippen molar-refractivity contribution in [3.8, 4) is 0 Å². The Bertz CT molecular complexity index is 2520. The van der Waals surface area contributed by atoms with E-state index >= 15 is 4.79 Å². The third kappa shape index (κ3) is 27.9. The number of hydrogen-bond donors (Lipinski definition) is 0. The summed E-state index contributed by atoms with van der Waals surface area (Å²) in [6, 6.07) is 3.11. The molecule has 2 saturated heterocycles. The van der Waals surface area contributed by atoms with Crippen LogP contribution in [0.2, 0.25) is 90.7 Å². The van der Waals surface area contributed by atoms with Crippen LogP contribution in [0.5, 0.6) is 0 Å². The molecular formula is C80H154O12Si5. The van der Waals surface area contributed by atoms with Gasteiger partial charge in [-0.1, -0.05) is 181 Å².